The third-order valence-electron chi connectivity index (χ3n) is 4.11. The van der Waals surface area contributed by atoms with Gasteiger partial charge >= 0.3 is 0 Å². The minimum absolute atomic E-state index is 0.0330. The van der Waals surface area contributed by atoms with Crippen molar-refractivity contribution in [3.05, 3.63) is 71.6 Å². The van der Waals surface area contributed by atoms with Gasteiger partial charge in [-0.15, -0.1) is 0 Å². The zero-order valence-electron chi connectivity index (χ0n) is 27.7. The minimum Gasteiger partial charge on any atom is -0.388 e. The van der Waals surface area contributed by atoms with Crippen LogP contribution < -0.4 is 0 Å². The molecular weight excluding hydrogens is 310 g/mol. The summed E-state index contributed by atoms with van der Waals surface area (Å²) in [4.78, 5) is 14.5. The molecule has 3 heteroatoms. The first-order chi connectivity index (χ1) is 17.8. The van der Waals surface area contributed by atoms with Crippen LogP contribution in [0, 0.1) is 0 Å². The average molecular weight is 352 g/mol. The van der Waals surface area contributed by atoms with Crippen molar-refractivity contribution in [1.82, 2.24) is 4.90 Å². The summed E-state index contributed by atoms with van der Waals surface area (Å²) in [6.07, 6.45) is -7.46. The van der Waals surface area contributed by atoms with Gasteiger partial charge in [0.25, 0.3) is 0 Å². The predicted octanol–water partition coefficient (Wildman–Crippen LogP) is 4.24. The highest BCUT2D eigenvalue weighted by atomic mass is 16.3. The topological polar surface area (TPSA) is 40.5 Å². The van der Waals surface area contributed by atoms with E-state index in [1.807, 2.05) is 0 Å². The summed E-state index contributed by atoms with van der Waals surface area (Å²) >= 11 is 0. The van der Waals surface area contributed by atoms with Gasteiger partial charge in [0.15, 0.2) is 5.78 Å². The van der Waals surface area contributed by atoms with Crippen molar-refractivity contribution in [1.29, 1.82) is 0 Å². The SMILES string of the molecule is [2H]c1c([2H])c([2H])c(C(=O)C([2H])([2H])[C@H]2CCC[C@@H](C([2H])([2H])[C@@H](O)c3c([2H])c([2H])c([2H])c([2H])c3[2H])N2C)c([2H])c1[2H]. The first-order valence-electron chi connectivity index (χ1n) is 14.9. The van der Waals surface area contributed by atoms with Crippen molar-refractivity contribution in [3.8, 4) is 0 Å². The van der Waals surface area contributed by atoms with Crippen LogP contribution in [0.1, 0.15) is 73.2 Å². The Morgan fingerprint density at radius 3 is 2.44 bits per heavy atom. The van der Waals surface area contributed by atoms with Crippen LogP contribution in [0.5, 0.6) is 0 Å². The Hall–Kier alpha value is -1.97. The monoisotopic (exact) mass is 351 g/mol. The van der Waals surface area contributed by atoms with Crippen LogP contribution in [0.4, 0.5) is 0 Å². The molecule has 0 bridgehead atoms. The van der Waals surface area contributed by atoms with E-state index in [1.54, 1.807) is 0 Å². The Labute approximate surface area is 170 Å². The van der Waals surface area contributed by atoms with Gasteiger partial charge in [-0.1, -0.05) is 66.8 Å². The third-order valence-corrected chi connectivity index (χ3v) is 4.11. The fraction of sp³-hybridized carbons (Fsp3) is 0.409. The van der Waals surface area contributed by atoms with Gasteiger partial charge < -0.3 is 5.11 Å². The number of aliphatic hydroxyl groups is 1. The van der Waals surface area contributed by atoms with Crippen molar-refractivity contribution in [2.75, 3.05) is 7.05 Å². The van der Waals surface area contributed by atoms with E-state index in [0.717, 1.165) is 0 Å². The number of likely N-dealkylation sites (tertiary alicyclic amines) is 1. The van der Waals surface area contributed by atoms with Gasteiger partial charge in [0, 0.05) is 29.5 Å². The molecule has 132 valence electrons. The van der Waals surface area contributed by atoms with Crippen LogP contribution >= 0.6 is 0 Å². The number of piperidine rings is 1. The quantitative estimate of drug-likeness (QED) is 0.792. The zero-order valence-corrected chi connectivity index (χ0v) is 13.7. The Balaban J connectivity index is 2.03. The summed E-state index contributed by atoms with van der Waals surface area (Å²) in [7, 11) is 1.31. The van der Waals surface area contributed by atoms with Gasteiger partial charge in [-0.2, -0.15) is 0 Å². The predicted molar refractivity (Wildman–Crippen MR) is 101 cm³/mol. The molecule has 0 radical (unpaired) electrons. The highest BCUT2D eigenvalue weighted by Gasteiger charge is 2.30. The number of aliphatic hydroxyl groups excluding tert-OH is 1. The maximum atomic E-state index is 13.4. The van der Waals surface area contributed by atoms with E-state index in [2.05, 4.69) is 0 Å². The minimum atomic E-state index is -2.85. The van der Waals surface area contributed by atoms with E-state index in [9.17, 15) is 9.90 Å². The Kier molecular flexibility index (Phi) is 2.47. The van der Waals surface area contributed by atoms with Crippen molar-refractivity contribution in [2.24, 2.45) is 0 Å². The number of carbonyl (C=O) groups excluding carboxylic acids is 1. The van der Waals surface area contributed by atoms with Gasteiger partial charge in [0.05, 0.1) is 19.8 Å². The molecule has 1 aliphatic rings. The number of hydrogen-bond acceptors (Lipinski definition) is 3. The molecule has 2 aromatic rings. The highest BCUT2D eigenvalue weighted by Crippen LogP contribution is 2.30. The zero-order chi connectivity index (χ0) is 29.9. The lowest BCUT2D eigenvalue weighted by molar-refractivity contribution is 0.0549. The average Bonchev–Trinajstić information content (AvgIpc) is 2.88. The fourth-order valence-corrected chi connectivity index (χ4v) is 2.75. The molecule has 1 N–H and O–H groups in total. The lowest BCUT2D eigenvalue weighted by Crippen LogP contribution is -2.45. The molecule has 3 nitrogen and oxygen atoms in total. The number of ketones is 1. The Bertz CT molecular complexity index is 1270. The maximum absolute atomic E-state index is 13.4. The van der Waals surface area contributed by atoms with Crippen molar-refractivity contribution >= 4 is 5.78 Å². The number of benzene rings is 2. The van der Waals surface area contributed by atoms with E-state index in [1.165, 1.54) is 11.9 Å². The van der Waals surface area contributed by atoms with Crippen molar-refractivity contribution in [2.45, 2.75) is 50.2 Å². The molecule has 0 saturated carbocycles. The van der Waals surface area contributed by atoms with Gasteiger partial charge in [0.2, 0.25) is 0 Å². The Morgan fingerprint density at radius 2 is 1.76 bits per heavy atom. The van der Waals surface area contributed by atoms with Crippen molar-refractivity contribution < 1.29 is 29.1 Å². The summed E-state index contributed by atoms with van der Waals surface area (Å²) in [6.45, 7) is 0. The van der Waals surface area contributed by atoms with Crippen LogP contribution in [-0.2, 0) is 0 Å². The molecule has 0 amide bonds. The number of carbonyl (C=O) groups is 1. The lowest BCUT2D eigenvalue weighted by atomic mass is 9.88. The summed E-state index contributed by atoms with van der Waals surface area (Å²) in [5, 5.41) is 11.0. The highest BCUT2D eigenvalue weighted by molar-refractivity contribution is 5.96. The normalized spacial score (nSPS) is 31.6. The summed E-state index contributed by atoms with van der Waals surface area (Å²) in [5.74, 6) is -1.37. The van der Waals surface area contributed by atoms with Crippen LogP contribution in [0.15, 0.2) is 60.4 Å². The number of hydrogen-bond donors (Lipinski definition) is 1. The molecular formula is C22H27NO2. The Morgan fingerprint density at radius 1 is 1.16 bits per heavy atom. The standard InChI is InChI=1S/C22H27NO2/c1-23-19(15-21(24)17-9-4-2-5-10-17)13-8-14-20(23)16-22(25)18-11-6-3-7-12-18/h2-7,9-12,19-21,24H,8,13-16H2,1H3/t19-,20+,21+/m0/s1/i2D,3D,4D,5D,6D,7D,9D,10D,11D,12D,15D2,16D2. The molecule has 2 aromatic carbocycles. The van der Waals surface area contributed by atoms with Gasteiger partial charge in [-0.3, -0.25) is 9.69 Å². The molecule has 3 atom stereocenters. The smallest absolute Gasteiger partial charge is 0.164 e. The van der Waals surface area contributed by atoms with Gasteiger partial charge in [-0.25, -0.2) is 0 Å². The molecule has 1 fully saturated rings. The molecule has 1 aliphatic heterocycles. The molecule has 25 heavy (non-hydrogen) atoms. The van der Waals surface area contributed by atoms with E-state index in [-0.39, 0.29) is 19.3 Å². The van der Waals surface area contributed by atoms with E-state index in [4.69, 9.17) is 19.2 Å². The molecule has 3 rings (SSSR count). The van der Waals surface area contributed by atoms with Crippen LogP contribution in [0.25, 0.3) is 0 Å². The van der Waals surface area contributed by atoms with Crippen LogP contribution in [0.2, 0.25) is 0 Å². The summed E-state index contributed by atoms with van der Waals surface area (Å²) in [5.41, 5.74) is -1.48. The van der Waals surface area contributed by atoms with Gasteiger partial charge in [0.1, 0.15) is 0 Å². The molecule has 1 heterocycles. The summed E-state index contributed by atoms with van der Waals surface area (Å²) in [6, 6.07) is -10.5. The van der Waals surface area contributed by atoms with Gasteiger partial charge in [-0.05, 0) is 31.8 Å². The molecule has 0 unspecified atom stereocenters. The maximum Gasteiger partial charge on any atom is 0.164 e. The second kappa shape index (κ2) is 8.41. The van der Waals surface area contributed by atoms with Crippen molar-refractivity contribution in [3.63, 3.8) is 0 Å². The number of rotatable bonds is 6. The second-order valence-corrected chi connectivity index (χ2v) is 5.71. The first-order valence-corrected chi connectivity index (χ1v) is 7.90. The molecule has 0 aliphatic carbocycles. The second-order valence-electron chi connectivity index (χ2n) is 5.71. The fourth-order valence-electron chi connectivity index (χ4n) is 2.75. The van der Waals surface area contributed by atoms with Crippen LogP contribution in [0.3, 0.4) is 0 Å². The largest absolute Gasteiger partial charge is 0.388 e. The molecule has 0 spiro atoms. The van der Waals surface area contributed by atoms with E-state index in [0.29, 0.717) is 0 Å². The number of Topliss-reactive ketones (excluding diaryl/α,β-unsaturated/α-hetero) is 1. The summed E-state index contributed by atoms with van der Waals surface area (Å²) < 4.78 is 114. The first kappa shape index (κ1) is 7.34. The number of nitrogens with zero attached hydrogens (tertiary/aromatic N) is 1. The third kappa shape index (κ3) is 4.56. The van der Waals surface area contributed by atoms with Crippen LogP contribution in [-0.4, -0.2) is 34.9 Å². The molecule has 0 aromatic heterocycles. The van der Waals surface area contributed by atoms with E-state index < -0.39 is 108 Å². The lowest BCUT2D eigenvalue weighted by Gasteiger charge is -2.40. The molecule has 1 saturated heterocycles. The van der Waals surface area contributed by atoms with E-state index >= 15 is 0 Å².